The standard InChI is InChI=1S/C22H26N2O6/c1-2-29-21(27)14-5-3-9-23(12-14)13-19(26)24-10-4-6-16-17-11-15(25)7-8-18(17)30-22(28)20(16)24/h7-8,11,14,25H,2-6,9-10,12-13H2,1H3. The van der Waals surface area contributed by atoms with Crippen molar-refractivity contribution in [2.45, 2.75) is 32.6 Å². The summed E-state index contributed by atoms with van der Waals surface area (Å²) in [7, 11) is 0. The highest BCUT2D eigenvalue weighted by atomic mass is 16.5. The van der Waals surface area contributed by atoms with Gasteiger partial charge in [-0.2, -0.15) is 0 Å². The van der Waals surface area contributed by atoms with E-state index in [9.17, 15) is 19.5 Å². The molecule has 1 aromatic heterocycles. The monoisotopic (exact) mass is 414 g/mol. The number of nitrogens with zero attached hydrogens (tertiary/aromatic N) is 2. The molecule has 8 heteroatoms. The molecule has 0 bridgehead atoms. The Morgan fingerprint density at radius 1 is 1.27 bits per heavy atom. The lowest BCUT2D eigenvalue weighted by atomic mass is 9.97. The predicted octanol–water partition coefficient (Wildman–Crippen LogP) is 2.05. The van der Waals surface area contributed by atoms with E-state index >= 15 is 0 Å². The molecular weight excluding hydrogens is 388 g/mol. The van der Waals surface area contributed by atoms with Gasteiger partial charge in [-0.25, -0.2) is 4.79 Å². The molecule has 1 N–H and O–H groups in total. The van der Waals surface area contributed by atoms with E-state index in [1.807, 2.05) is 4.90 Å². The summed E-state index contributed by atoms with van der Waals surface area (Å²) in [5.74, 6) is -0.547. The number of piperidine rings is 1. The largest absolute Gasteiger partial charge is 0.508 e. The average Bonchev–Trinajstić information content (AvgIpc) is 2.74. The van der Waals surface area contributed by atoms with Gasteiger partial charge in [-0.1, -0.05) is 0 Å². The van der Waals surface area contributed by atoms with Gasteiger partial charge in [-0.3, -0.25) is 14.5 Å². The minimum Gasteiger partial charge on any atom is -0.508 e. The van der Waals surface area contributed by atoms with Crippen molar-refractivity contribution in [3.63, 3.8) is 0 Å². The Labute approximate surface area is 174 Å². The van der Waals surface area contributed by atoms with Crippen LogP contribution in [0.2, 0.25) is 0 Å². The Morgan fingerprint density at radius 2 is 2.10 bits per heavy atom. The van der Waals surface area contributed by atoms with E-state index in [1.54, 1.807) is 19.1 Å². The minimum atomic E-state index is -0.542. The number of carbonyl (C=O) groups excluding carboxylic acids is 2. The fourth-order valence-electron chi connectivity index (χ4n) is 4.47. The maximum Gasteiger partial charge on any atom is 0.360 e. The summed E-state index contributed by atoms with van der Waals surface area (Å²) in [5.41, 5.74) is 0.863. The Hall–Kier alpha value is -2.87. The number of aryl methyl sites for hydroxylation is 1. The summed E-state index contributed by atoms with van der Waals surface area (Å²) in [4.78, 5) is 41.3. The van der Waals surface area contributed by atoms with Crippen LogP contribution < -0.4 is 10.5 Å². The van der Waals surface area contributed by atoms with Crippen LogP contribution in [0.4, 0.5) is 5.69 Å². The number of esters is 1. The van der Waals surface area contributed by atoms with Crippen molar-refractivity contribution in [2.75, 3.05) is 37.7 Å². The van der Waals surface area contributed by atoms with Crippen LogP contribution >= 0.6 is 0 Å². The number of benzene rings is 1. The van der Waals surface area contributed by atoms with Gasteiger partial charge in [0.25, 0.3) is 0 Å². The summed E-state index contributed by atoms with van der Waals surface area (Å²) < 4.78 is 10.6. The average molecular weight is 414 g/mol. The molecule has 1 unspecified atom stereocenters. The molecule has 160 valence electrons. The number of phenolic OH excluding ortho intramolecular Hbond substituents is 1. The van der Waals surface area contributed by atoms with Gasteiger partial charge in [0, 0.05) is 18.5 Å². The molecule has 8 nitrogen and oxygen atoms in total. The summed E-state index contributed by atoms with van der Waals surface area (Å²) in [5, 5.41) is 10.5. The number of aromatic hydroxyl groups is 1. The first-order valence-electron chi connectivity index (χ1n) is 10.5. The van der Waals surface area contributed by atoms with Gasteiger partial charge in [0.05, 0.1) is 19.1 Å². The van der Waals surface area contributed by atoms with E-state index in [0.29, 0.717) is 37.1 Å². The van der Waals surface area contributed by atoms with Gasteiger partial charge >= 0.3 is 11.6 Å². The number of amides is 1. The third-order valence-electron chi connectivity index (χ3n) is 5.83. The Morgan fingerprint density at radius 3 is 2.90 bits per heavy atom. The highest BCUT2D eigenvalue weighted by Crippen LogP contribution is 2.32. The lowest BCUT2D eigenvalue weighted by Crippen LogP contribution is -2.48. The van der Waals surface area contributed by atoms with Crippen LogP contribution in [0.3, 0.4) is 0 Å². The minimum absolute atomic E-state index is 0.0836. The number of fused-ring (bicyclic) bond motifs is 3. The molecule has 4 rings (SSSR count). The lowest BCUT2D eigenvalue weighted by Gasteiger charge is -2.34. The maximum absolute atomic E-state index is 13.1. The van der Waals surface area contributed by atoms with Gasteiger partial charge in [-0.15, -0.1) is 0 Å². The molecule has 1 saturated heterocycles. The van der Waals surface area contributed by atoms with Gasteiger partial charge < -0.3 is 19.2 Å². The fourth-order valence-corrected chi connectivity index (χ4v) is 4.47. The summed E-state index contributed by atoms with van der Waals surface area (Å²) in [6.07, 6.45) is 2.94. The molecule has 2 aliphatic heterocycles. The number of likely N-dealkylation sites (tertiary alicyclic amines) is 1. The number of phenols is 1. The normalized spacial score (nSPS) is 19.5. The first kappa shape index (κ1) is 20.4. The quantitative estimate of drug-likeness (QED) is 0.604. The van der Waals surface area contributed by atoms with Crippen LogP contribution in [0.25, 0.3) is 11.0 Å². The molecule has 3 heterocycles. The number of hydrogen-bond donors (Lipinski definition) is 1. The van der Waals surface area contributed by atoms with E-state index in [-0.39, 0.29) is 35.8 Å². The first-order chi connectivity index (χ1) is 14.5. The molecule has 1 atom stereocenters. The van der Waals surface area contributed by atoms with Gasteiger partial charge in [0.1, 0.15) is 17.0 Å². The van der Waals surface area contributed by atoms with Crippen molar-refractivity contribution in [3.05, 3.63) is 34.2 Å². The second kappa shape index (κ2) is 8.47. The zero-order chi connectivity index (χ0) is 21.3. The molecule has 2 aliphatic rings. The molecule has 0 radical (unpaired) electrons. The van der Waals surface area contributed by atoms with Crippen LogP contribution in [0, 0.1) is 5.92 Å². The van der Waals surface area contributed by atoms with Crippen molar-refractivity contribution >= 4 is 28.5 Å². The summed E-state index contributed by atoms with van der Waals surface area (Å²) >= 11 is 0. The second-order valence-electron chi connectivity index (χ2n) is 7.87. The lowest BCUT2D eigenvalue weighted by molar-refractivity contribution is -0.150. The smallest absolute Gasteiger partial charge is 0.360 e. The van der Waals surface area contributed by atoms with Crippen molar-refractivity contribution in [1.29, 1.82) is 0 Å². The second-order valence-corrected chi connectivity index (χ2v) is 7.87. The zero-order valence-electron chi connectivity index (χ0n) is 17.1. The van der Waals surface area contributed by atoms with Gasteiger partial charge in [0.15, 0.2) is 0 Å². The van der Waals surface area contributed by atoms with Crippen molar-refractivity contribution in [1.82, 2.24) is 4.90 Å². The van der Waals surface area contributed by atoms with Crippen LogP contribution in [0.15, 0.2) is 27.4 Å². The molecular formula is C22H26N2O6. The Balaban J connectivity index is 1.57. The third kappa shape index (κ3) is 3.92. The molecule has 1 aromatic carbocycles. The van der Waals surface area contributed by atoms with E-state index in [4.69, 9.17) is 9.15 Å². The van der Waals surface area contributed by atoms with Crippen LogP contribution in [0.1, 0.15) is 31.7 Å². The molecule has 2 aromatic rings. The van der Waals surface area contributed by atoms with Crippen LogP contribution in [-0.2, 0) is 20.7 Å². The molecule has 1 fully saturated rings. The molecule has 0 aliphatic carbocycles. The number of ether oxygens (including phenoxy) is 1. The topological polar surface area (TPSA) is 100 Å². The number of rotatable bonds is 4. The first-order valence-corrected chi connectivity index (χ1v) is 10.5. The molecule has 1 amide bonds. The highest BCUT2D eigenvalue weighted by Gasteiger charge is 2.32. The maximum atomic E-state index is 13.1. The zero-order valence-corrected chi connectivity index (χ0v) is 17.1. The van der Waals surface area contributed by atoms with Crippen molar-refractivity contribution in [2.24, 2.45) is 5.92 Å². The third-order valence-corrected chi connectivity index (χ3v) is 5.83. The summed E-state index contributed by atoms with van der Waals surface area (Å²) in [6.45, 7) is 3.90. The van der Waals surface area contributed by atoms with E-state index in [0.717, 1.165) is 31.4 Å². The Kier molecular flexibility index (Phi) is 5.76. The SMILES string of the molecule is CCOC(=O)C1CCCN(CC(=O)N2CCCc3c2c(=O)oc2ccc(O)cc32)C1. The van der Waals surface area contributed by atoms with E-state index in [1.165, 1.54) is 11.0 Å². The van der Waals surface area contributed by atoms with Gasteiger partial charge in [-0.05, 0) is 62.9 Å². The van der Waals surface area contributed by atoms with E-state index < -0.39 is 5.63 Å². The van der Waals surface area contributed by atoms with Crippen LogP contribution in [0.5, 0.6) is 5.75 Å². The Bertz CT molecular complexity index is 1030. The predicted molar refractivity (Wildman–Crippen MR) is 111 cm³/mol. The van der Waals surface area contributed by atoms with Crippen molar-refractivity contribution in [3.8, 4) is 5.75 Å². The highest BCUT2D eigenvalue weighted by molar-refractivity contribution is 5.98. The number of anilines is 1. The molecule has 0 spiro atoms. The number of hydrogen-bond acceptors (Lipinski definition) is 7. The van der Waals surface area contributed by atoms with E-state index in [2.05, 4.69) is 0 Å². The fraction of sp³-hybridized carbons (Fsp3) is 0.500. The van der Waals surface area contributed by atoms with Crippen molar-refractivity contribution < 1.29 is 23.8 Å². The van der Waals surface area contributed by atoms with Gasteiger partial charge in [0.2, 0.25) is 5.91 Å². The molecule has 0 saturated carbocycles. The summed E-state index contributed by atoms with van der Waals surface area (Å²) in [6, 6.07) is 4.61. The number of carbonyl (C=O) groups is 2. The van der Waals surface area contributed by atoms with Crippen LogP contribution in [-0.4, -0.2) is 54.7 Å². The molecule has 30 heavy (non-hydrogen) atoms.